The van der Waals surface area contributed by atoms with Crippen molar-refractivity contribution in [1.82, 2.24) is 9.36 Å². The minimum Gasteiger partial charge on any atom is -0.376 e. The number of benzene rings is 1. The number of aliphatic hydroxyl groups is 1. The summed E-state index contributed by atoms with van der Waals surface area (Å²) in [4.78, 5) is 12.1. The smallest absolute Gasteiger partial charge is 0.357 e. The molecule has 10 heteroatoms. The van der Waals surface area contributed by atoms with Crippen LogP contribution < -0.4 is 5.56 Å². The zero-order valence-electron chi connectivity index (χ0n) is 12.2. The highest BCUT2D eigenvalue weighted by atomic mass is 35.5. The van der Waals surface area contributed by atoms with Crippen LogP contribution in [0, 0.1) is 0 Å². The second-order valence-corrected chi connectivity index (χ2v) is 6.13. The molecule has 1 aromatic carbocycles. The number of halogens is 6. The minimum atomic E-state index is -4.73. The van der Waals surface area contributed by atoms with Crippen molar-refractivity contribution in [2.45, 2.75) is 22.8 Å². The van der Waals surface area contributed by atoms with E-state index in [4.69, 9.17) is 0 Å². The normalized spacial score (nSPS) is 13.3. The molecule has 1 aromatic heterocycles. The third-order valence-corrected chi connectivity index (χ3v) is 4.22. The highest BCUT2D eigenvalue weighted by Crippen LogP contribution is 2.47. The molecule has 1 N–H and O–H groups in total. The van der Waals surface area contributed by atoms with Crippen LogP contribution in [0.15, 0.2) is 41.2 Å². The number of hydrogen-bond donors (Lipinski definition) is 1. The van der Waals surface area contributed by atoms with Crippen LogP contribution >= 0.6 is 23.2 Å². The summed E-state index contributed by atoms with van der Waals surface area (Å²) in [6.45, 7) is 0. The Morgan fingerprint density at radius 2 is 1.58 bits per heavy atom. The van der Waals surface area contributed by atoms with Crippen molar-refractivity contribution in [3.8, 4) is 5.69 Å². The Morgan fingerprint density at radius 1 is 1.08 bits per heavy atom. The van der Waals surface area contributed by atoms with E-state index in [1.807, 2.05) is 0 Å². The van der Waals surface area contributed by atoms with Crippen molar-refractivity contribution in [1.29, 1.82) is 0 Å². The molecule has 0 aliphatic carbocycles. The molecule has 2 rings (SSSR count). The standard InChI is InChI=1S/C14H12Cl2F4N2O2/c1-21-10(8-12(24,13(15,17)18)14(16,19)20)7-11(23)22(21)9-5-3-2-4-6-9/h2-7,24H,8H2,1H3. The summed E-state index contributed by atoms with van der Waals surface area (Å²) in [6, 6.07) is 8.92. The fraction of sp³-hybridized carbons (Fsp3) is 0.357. The first-order valence-corrected chi connectivity index (χ1v) is 7.33. The molecule has 132 valence electrons. The van der Waals surface area contributed by atoms with Crippen molar-refractivity contribution < 1.29 is 22.7 Å². The van der Waals surface area contributed by atoms with Gasteiger partial charge < -0.3 is 5.11 Å². The number of hydrogen-bond acceptors (Lipinski definition) is 2. The summed E-state index contributed by atoms with van der Waals surface area (Å²) in [5, 5.41) is 0.278. The highest BCUT2D eigenvalue weighted by Gasteiger charge is 2.66. The van der Waals surface area contributed by atoms with E-state index in [-0.39, 0.29) is 5.69 Å². The molecule has 0 bridgehead atoms. The van der Waals surface area contributed by atoms with Gasteiger partial charge in [0.2, 0.25) is 5.60 Å². The van der Waals surface area contributed by atoms with Gasteiger partial charge in [0.15, 0.2) is 0 Å². The maximum atomic E-state index is 13.4. The molecule has 0 atom stereocenters. The number of alkyl halides is 6. The van der Waals surface area contributed by atoms with Gasteiger partial charge in [0.25, 0.3) is 5.56 Å². The van der Waals surface area contributed by atoms with Gasteiger partial charge in [-0.05, 0) is 35.3 Å². The Balaban J connectivity index is 2.54. The summed E-state index contributed by atoms with van der Waals surface area (Å²) in [6.07, 6.45) is -1.34. The quantitative estimate of drug-likeness (QED) is 0.633. The van der Waals surface area contributed by atoms with Crippen molar-refractivity contribution in [3.63, 3.8) is 0 Å². The minimum absolute atomic E-state index is 0.299. The molecule has 1 heterocycles. The first-order chi connectivity index (χ1) is 10.9. The Kier molecular flexibility index (Phi) is 4.78. The lowest BCUT2D eigenvalue weighted by molar-refractivity contribution is -0.216. The van der Waals surface area contributed by atoms with E-state index in [1.54, 1.807) is 30.3 Å². The van der Waals surface area contributed by atoms with Gasteiger partial charge in [0.1, 0.15) is 0 Å². The van der Waals surface area contributed by atoms with Crippen LogP contribution in [-0.4, -0.2) is 30.8 Å². The summed E-state index contributed by atoms with van der Waals surface area (Å²) in [5.74, 6) is 0. The topological polar surface area (TPSA) is 47.2 Å². The van der Waals surface area contributed by atoms with E-state index >= 15 is 0 Å². The van der Waals surface area contributed by atoms with Gasteiger partial charge in [-0.15, -0.1) is 0 Å². The Labute approximate surface area is 143 Å². The Bertz CT molecular complexity index is 765. The zero-order chi connectivity index (χ0) is 18.3. The predicted molar refractivity (Wildman–Crippen MR) is 81.3 cm³/mol. The van der Waals surface area contributed by atoms with Crippen molar-refractivity contribution in [2.75, 3.05) is 0 Å². The van der Waals surface area contributed by atoms with E-state index in [9.17, 15) is 27.5 Å². The van der Waals surface area contributed by atoms with E-state index in [0.717, 1.165) is 15.4 Å². The van der Waals surface area contributed by atoms with Gasteiger partial charge in [-0.25, -0.2) is 4.68 Å². The lowest BCUT2D eigenvalue weighted by Gasteiger charge is -2.34. The highest BCUT2D eigenvalue weighted by molar-refractivity contribution is 6.26. The molecular formula is C14H12Cl2F4N2O2. The largest absolute Gasteiger partial charge is 0.376 e. The van der Waals surface area contributed by atoms with E-state index < -0.39 is 28.3 Å². The second-order valence-electron chi connectivity index (χ2n) is 5.18. The summed E-state index contributed by atoms with van der Waals surface area (Å²) < 4.78 is 55.6. The molecule has 2 aromatic rings. The molecular weight excluding hydrogens is 375 g/mol. The third kappa shape index (κ3) is 3.18. The number of rotatable bonds is 5. The van der Waals surface area contributed by atoms with Crippen LogP contribution in [0.1, 0.15) is 5.69 Å². The van der Waals surface area contributed by atoms with Crippen LogP contribution in [0.2, 0.25) is 0 Å². The third-order valence-electron chi connectivity index (χ3n) is 3.59. The molecule has 0 saturated heterocycles. The van der Waals surface area contributed by atoms with E-state index in [2.05, 4.69) is 23.2 Å². The van der Waals surface area contributed by atoms with Gasteiger partial charge >= 0.3 is 10.8 Å². The molecule has 0 amide bonds. The molecule has 24 heavy (non-hydrogen) atoms. The number of nitrogens with zero attached hydrogens (tertiary/aromatic N) is 2. The maximum absolute atomic E-state index is 13.4. The van der Waals surface area contributed by atoms with Gasteiger partial charge in [-0.3, -0.25) is 9.48 Å². The first kappa shape index (κ1) is 18.8. The fourth-order valence-corrected chi connectivity index (χ4v) is 2.65. The molecule has 0 fully saturated rings. The lowest BCUT2D eigenvalue weighted by Crippen LogP contribution is -2.57. The summed E-state index contributed by atoms with van der Waals surface area (Å²) >= 11 is 9.30. The van der Waals surface area contributed by atoms with Gasteiger partial charge in [0.05, 0.1) is 5.69 Å². The van der Waals surface area contributed by atoms with Crippen LogP contribution in [0.5, 0.6) is 0 Å². The van der Waals surface area contributed by atoms with Crippen molar-refractivity contribution in [3.05, 3.63) is 52.4 Å². The van der Waals surface area contributed by atoms with Crippen LogP contribution in [-0.2, 0) is 13.5 Å². The lowest BCUT2D eigenvalue weighted by atomic mass is 9.98. The molecule has 0 aliphatic rings. The second kappa shape index (κ2) is 6.09. The molecule has 4 nitrogen and oxygen atoms in total. The van der Waals surface area contributed by atoms with Gasteiger partial charge in [-0.2, -0.15) is 17.6 Å². The van der Waals surface area contributed by atoms with Crippen LogP contribution in [0.4, 0.5) is 17.6 Å². The molecule has 0 aliphatic heterocycles. The Hall–Kier alpha value is -1.51. The molecule has 0 unspecified atom stereocenters. The van der Waals surface area contributed by atoms with Crippen molar-refractivity contribution >= 4 is 23.2 Å². The average Bonchev–Trinajstić information content (AvgIpc) is 2.72. The maximum Gasteiger partial charge on any atom is 0.357 e. The average molecular weight is 387 g/mol. The van der Waals surface area contributed by atoms with Crippen LogP contribution in [0.25, 0.3) is 5.69 Å². The summed E-state index contributed by atoms with van der Waals surface area (Å²) in [7, 11) is 1.29. The van der Waals surface area contributed by atoms with E-state index in [1.165, 1.54) is 7.05 Å². The van der Waals surface area contributed by atoms with Crippen LogP contribution in [0.3, 0.4) is 0 Å². The molecule has 0 spiro atoms. The predicted octanol–water partition coefficient (Wildman–Crippen LogP) is 3.11. The van der Waals surface area contributed by atoms with E-state index in [0.29, 0.717) is 5.69 Å². The zero-order valence-corrected chi connectivity index (χ0v) is 13.7. The monoisotopic (exact) mass is 386 g/mol. The first-order valence-electron chi connectivity index (χ1n) is 6.57. The molecule has 0 radical (unpaired) electrons. The molecule has 0 saturated carbocycles. The van der Waals surface area contributed by atoms with Gasteiger partial charge in [-0.1, -0.05) is 18.2 Å². The SMILES string of the molecule is Cn1c(CC(O)(C(F)(F)Cl)C(F)(F)Cl)cc(=O)n1-c1ccccc1. The number of para-hydroxylation sites is 1. The van der Waals surface area contributed by atoms with Gasteiger partial charge in [0, 0.05) is 25.2 Å². The summed E-state index contributed by atoms with van der Waals surface area (Å²) in [5.41, 5.74) is -4.66. The fourth-order valence-electron chi connectivity index (χ4n) is 2.23. The Morgan fingerprint density at radius 3 is 2.04 bits per heavy atom. The van der Waals surface area contributed by atoms with Crippen molar-refractivity contribution in [2.24, 2.45) is 7.05 Å². The number of aromatic nitrogens is 2.